The molecule has 1 aliphatic heterocycles. The molecule has 0 unspecified atom stereocenters. The Morgan fingerprint density at radius 1 is 0.971 bits per heavy atom. The van der Waals surface area contributed by atoms with Gasteiger partial charge in [0.15, 0.2) is 11.5 Å². The van der Waals surface area contributed by atoms with Crippen LogP contribution in [0.25, 0.3) is 0 Å². The summed E-state index contributed by atoms with van der Waals surface area (Å²) < 4.78 is 17.2. The van der Waals surface area contributed by atoms with Crippen molar-refractivity contribution >= 4 is 27.7 Å². The SMILES string of the molecule is CC(C)CN(CC(=O)N(Cc1ccc2c(c1)OCO2)Cc1ccco1)C(=O)c1cccc(Br)c1. The first-order chi connectivity index (χ1) is 16.4. The van der Waals surface area contributed by atoms with Crippen LogP contribution in [-0.2, 0) is 17.9 Å². The second-order valence-corrected chi connectivity index (χ2v) is 9.52. The van der Waals surface area contributed by atoms with E-state index in [2.05, 4.69) is 15.9 Å². The van der Waals surface area contributed by atoms with Crippen LogP contribution in [0.15, 0.2) is 69.8 Å². The molecule has 8 heteroatoms. The molecule has 0 saturated heterocycles. The Morgan fingerprint density at radius 2 is 1.79 bits per heavy atom. The highest BCUT2D eigenvalue weighted by atomic mass is 79.9. The van der Waals surface area contributed by atoms with Crippen LogP contribution < -0.4 is 9.47 Å². The van der Waals surface area contributed by atoms with E-state index in [4.69, 9.17) is 13.9 Å². The molecule has 0 aliphatic carbocycles. The van der Waals surface area contributed by atoms with E-state index in [9.17, 15) is 9.59 Å². The first-order valence-electron chi connectivity index (χ1n) is 11.1. The van der Waals surface area contributed by atoms with Gasteiger partial charge in [-0.2, -0.15) is 0 Å². The number of furan rings is 1. The van der Waals surface area contributed by atoms with Crippen molar-refractivity contribution in [1.82, 2.24) is 9.80 Å². The van der Waals surface area contributed by atoms with Gasteiger partial charge in [-0.15, -0.1) is 0 Å². The van der Waals surface area contributed by atoms with Crippen LogP contribution in [0.2, 0.25) is 0 Å². The molecule has 2 aromatic carbocycles. The number of halogens is 1. The predicted molar refractivity (Wildman–Crippen MR) is 130 cm³/mol. The number of benzene rings is 2. The highest BCUT2D eigenvalue weighted by Gasteiger charge is 2.25. The lowest BCUT2D eigenvalue weighted by molar-refractivity contribution is -0.133. The van der Waals surface area contributed by atoms with Gasteiger partial charge in [-0.05, 0) is 53.9 Å². The maximum absolute atomic E-state index is 13.5. The average molecular weight is 527 g/mol. The predicted octanol–water partition coefficient (Wildman–Crippen LogP) is 5.10. The third kappa shape index (κ3) is 5.99. The van der Waals surface area contributed by atoms with Gasteiger partial charge < -0.3 is 23.7 Å². The van der Waals surface area contributed by atoms with E-state index < -0.39 is 0 Å². The molecular formula is C26H27BrN2O5. The van der Waals surface area contributed by atoms with Crippen molar-refractivity contribution in [2.45, 2.75) is 26.9 Å². The van der Waals surface area contributed by atoms with Gasteiger partial charge in [-0.1, -0.05) is 41.9 Å². The summed E-state index contributed by atoms with van der Waals surface area (Å²) in [4.78, 5) is 30.1. The van der Waals surface area contributed by atoms with Crippen LogP contribution in [0.3, 0.4) is 0 Å². The minimum atomic E-state index is -0.177. The summed E-state index contributed by atoms with van der Waals surface area (Å²) in [6.45, 7) is 5.32. The van der Waals surface area contributed by atoms with E-state index >= 15 is 0 Å². The van der Waals surface area contributed by atoms with Crippen molar-refractivity contribution in [3.63, 3.8) is 0 Å². The molecule has 1 aromatic heterocycles. The highest BCUT2D eigenvalue weighted by molar-refractivity contribution is 9.10. The van der Waals surface area contributed by atoms with Crippen molar-refractivity contribution < 1.29 is 23.5 Å². The number of hydrogen-bond donors (Lipinski definition) is 0. The first kappa shape index (κ1) is 23.9. The lowest BCUT2D eigenvalue weighted by Gasteiger charge is -2.28. The van der Waals surface area contributed by atoms with Crippen LogP contribution in [0.5, 0.6) is 11.5 Å². The smallest absolute Gasteiger partial charge is 0.254 e. The van der Waals surface area contributed by atoms with Crippen molar-refractivity contribution in [1.29, 1.82) is 0 Å². The van der Waals surface area contributed by atoms with Crippen LogP contribution in [0.1, 0.15) is 35.5 Å². The van der Waals surface area contributed by atoms with Crippen LogP contribution in [0.4, 0.5) is 0 Å². The van der Waals surface area contributed by atoms with E-state index in [0.29, 0.717) is 42.5 Å². The second kappa shape index (κ2) is 10.8. The van der Waals surface area contributed by atoms with Crippen molar-refractivity contribution in [3.8, 4) is 11.5 Å². The van der Waals surface area contributed by atoms with Crippen molar-refractivity contribution in [3.05, 3.63) is 82.2 Å². The summed E-state index contributed by atoms with van der Waals surface area (Å²) in [6, 6.07) is 16.5. The standard InChI is InChI=1S/C26H27BrN2O5/c1-18(2)13-29(26(31)20-5-3-6-21(27)12-20)16-25(30)28(15-22-7-4-10-32-22)14-19-8-9-23-24(11-19)34-17-33-23/h3-12,18H,13-17H2,1-2H3. The maximum Gasteiger partial charge on any atom is 0.254 e. The monoisotopic (exact) mass is 526 g/mol. The molecule has 0 bridgehead atoms. The number of amides is 2. The number of rotatable bonds is 9. The Balaban J connectivity index is 1.55. The highest BCUT2D eigenvalue weighted by Crippen LogP contribution is 2.33. The van der Waals surface area contributed by atoms with Gasteiger partial charge in [-0.3, -0.25) is 9.59 Å². The van der Waals surface area contributed by atoms with E-state index in [1.807, 2.05) is 50.2 Å². The first-order valence-corrected chi connectivity index (χ1v) is 11.9. The minimum Gasteiger partial charge on any atom is -0.467 e. The summed E-state index contributed by atoms with van der Waals surface area (Å²) in [5, 5.41) is 0. The Morgan fingerprint density at radius 3 is 2.53 bits per heavy atom. The number of nitrogens with zero attached hydrogens (tertiary/aromatic N) is 2. The van der Waals surface area contributed by atoms with Gasteiger partial charge in [0.25, 0.3) is 5.91 Å². The maximum atomic E-state index is 13.5. The Bertz CT molecular complexity index is 1150. The minimum absolute atomic E-state index is 0.0329. The van der Waals surface area contributed by atoms with Crippen LogP contribution >= 0.6 is 15.9 Å². The molecule has 4 rings (SSSR count). The second-order valence-electron chi connectivity index (χ2n) is 8.61. The molecule has 0 fully saturated rings. The molecule has 0 radical (unpaired) electrons. The average Bonchev–Trinajstić information content (AvgIpc) is 3.49. The number of carbonyl (C=O) groups excluding carboxylic acids is 2. The van der Waals surface area contributed by atoms with Gasteiger partial charge in [-0.25, -0.2) is 0 Å². The third-order valence-corrected chi connectivity index (χ3v) is 5.85. The molecule has 2 heterocycles. The molecule has 2 amide bonds. The summed E-state index contributed by atoms with van der Waals surface area (Å²) in [7, 11) is 0. The summed E-state index contributed by atoms with van der Waals surface area (Å²) in [5.41, 5.74) is 1.44. The summed E-state index contributed by atoms with van der Waals surface area (Å²) >= 11 is 3.42. The zero-order valence-electron chi connectivity index (χ0n) is 19.2. The normalized spacial score (nSPS) is 12.1. The molecule has 34 heavy (non-hydrogen) atoms. The van der Waals surface area contributed by atoms with E-state index in [1.165, 1.54) is 0 Å². The molecule has 178 valence electrons. The van der Waals surface area contributed by atoms with Crippen molar-refractivity contribution in [2.75, 3.05) is 19.9 Å². The van der Waals surface area contributed by atoms with Crippen LogP contribution in [0, 0.1) is 5.92 Å². The summed E-state index contributed by atoms with van der Waals surface area (Å²) in [5.74, 6) is 1.88. The summed E-state index contributed by atoms with van der Waals surface area (Å²) in [6.07, 6.45) is 1.58. The Kier molecular flexibility index (Phi) is 7.57. The Labute approximate surface area is 207 Å². The van der Waals surface area contributed by atoms with Crippen molar-refractivity contribution in [2.24, 2.45) is 5.92 Å². The number of hydrogen-bond acceptors (Lipinski definition) is 5. The van der Waals surface area contributed by atoms with Gasteiger partial charge >= 0.3 is 0 Å². The topological polar surface area (TPSA) is 72.2 Å². The Hall–Kier alpha value is -3.26. The lowest BCUT2D eigenvalue weighted by atomic mass is 10.1. The largest absolute Gasteiger partial charge is 0.467 e. The van der Waals surface area contributed by atoms with E-state index in [1.54, 1.807) is 34.3 Å². The van der Waals surface area contributed by atoms with Gasteiger partial charge in [0.2, 0.25) is 12.7 Å². The zero-order valence-corrected chi connectivity index (χ0v) is 20.8. The zero-order chi connectivity index (χ0) is 24.1. The van der Waals surface area contributed by atoms with E-state index in [0.717, 1.165) is 10.0 Å². The van der Waals surface area contributed by atoms with E-state index in [-0.39, 0.29) is 31.1 Å². The fourth-order valence-corrected chi connectivity index (χ4v) is 4.21. The quantitative estimate of drug-likeness (QED) is 0.388. The fraction of sp³-hybridized carbons (Fsp3) is 0.308. The molecule has 1 aliphatic rings. The van der Waals surface area contributed by atoms with Gasteiger partial charge in [0, 0.05) is 23.1 Å². The number of ether oxygens (including phenoxy) is 2. The molecule has 0 spiro atoms. The van der Waals surface area contributed by atoms with Gasteiger partial charge in [0.1, 0.15) is 12.3 Å². The fourth-order valence-electron chi connectivity index (χ4n) is 3.81. The molecule has 0 saturated carbocycles. The third-order valence-electron chi connectivity index (χ3n) is 5.36. The lowest BCUT2D eigenvalue weighted by Crippen LogP contribution is -2.43. The number of fused-ring (bicyclic) bond motifs is 1. The molecule has 0 N–H and O–H groups in total. The van der Waals surface area contributed by atoms with Gasteiger partial charge in [0.05, 0.1) is 12.8 Å². The molecule has 7 nitrogen and oxygen atoms in total. The molecular weight excluding hydrogens is 500 g/mol. The molecule has 3 aromatic rings. The molecule has 0 atom stereocenters. The van der Waals surface area contributed by atoms with Crippen LogP contribution in [-0.4, -0.2) is 41.5 Å². The number of carbonyl (C=O) groups is 2.